The molecule has 1 aromatic heterocycles. The molecule has 2 rings (SSSR count). The van der Waals surface area contributed by atoms with Gasteiger partial charge in [-0.25, -0.2) is 4.79 Å². The molecule has 0 radical (unpaired) electrons. The molecule has 0 fully saturated rings. The molecule has 1 N–H and O–H groups in total. The fraction of sp³-hybridized carbons (Fsp3) is 0.300. The van der Waals surface area contributed by atoms with Crippen molar-refractivity contribution in [3.8, 4) is 11.5 Å². The van der Waals surface area contributed by atoms with Crippen LogP contribution in [0.25, 0.3) is 6.08 Å². The second-order valence-corrected chi connectivity index (χ2v) is 5.55. The number of rotatable bonds is 9. The third-order valence-corrected chi connectivity index (χ3v) is 3.58. The van der Waals surface area contributed by atoms with Gasteiger partial charge in [0.1, 0.15) is 5.76 Å². The third kappa shape index (κ3) is 6.22. The van der Waals surface area contributed by atoms with Crippen LogP contribution in [0, 0.1) is 0 Å². The second-order valence-electron chi connectivity index (χ2n) is 5.55. The standard InChI is InChI=1S/C20H23NO6/c1-4-25-17-9-7-15(12-18(17)24-3)8-10-19(22)27-14(2)20(23)21-13-16-6-5-11-26-16/h5-12,14H,4,13H2,1-3H3,(H,21,23)/b10-8+/t14-/m0/s1. The normalized spacial score (nSPS) is 11.8. The molecule has 1 atom stereocenters. The molecule has 2 aromatic rings. The van der Waals surface area contributed by atoms with Crippen LogP contribution in [-0.4, -0.2) is 31.7 Å². The van der Waals surface area contributed by atoms with Gasteiger partial charge in [-0.2, -0.15) is 0 Å². The van der Waals surface area contributed by atoms with E-state index in [9.17, 15) is 9.59 Å². The molecule has 0 aliphatic heterocycles. The van der Waals surface area contributed by atoms with Gasteiger partial charge in [0.2, 0.25) is 0 Å². The summed E-state index contributed by atoms with van der Waals surface area (Å²) >= 11 is 0. The van der Waals surface area contributed by atoms with Gasteiger partial charge in [0.05, 0.1) is 26.5 Å². The summed E-state index contributed by atoms with van der Waals surface area (Å²) in [6, 6.07) is 8.76. The maximum Gasteiger partial charge on any atom is 0.331 e. The van der Waals surface area contributed by atoms with Crippen molar-refractivity contribution in [2.24, 2.45) is 0 Å². The average molecular weight is 373 g/mol. The van der Waals surface area contributed by atoms with Crippen LogP contribution < -0.4 is 14.8 Å². The maximum absolute atomic E-state index is 11.9. The lowest BCUT2D eigenvalue weighted by atomic mass is 10.2. The zero-order chi connectivity index (χ0) is 19.6. The summed E-state index contributed by atoms with van der Waals surface area (Å²) in [5.41, 5.74) is 0.738. The summed E-state index contributed by atoms with van der Waals surface area (Å²) in [6.07, 6.45) is 3.43. The average Bonchev–Trinajstić information content (AvgIpc) is 3.19. The summed E-state index contributed by atoms with van der Waals surface area (Å²) in [7, 11) is 1.54. The van der Waals surface area contributed by atoms with E-state index in [2.05, 4.69) is 5.32 Å². The fourth-order valence-corrected chi connectivity index (χ4v) is 2.23. The number of methoxy groups -OCH3 is 1. The van der Waals surface area contributed by atoms with Crippen molar-refractivity contribution in [3.63, 3.8) is 0 Å². The first-order chi connectivity index (χ1) is 13.0. The number of esters is 1. The zero-order valence-corrected chi connectivity index (χ0v) is 15.6. The smallest absolute Gasteiger partial charge is 0.331 e. The number of carbonyl (C=O) groups excluding carboxylic acids is 2. The van der Waals surface area contributed by atoms with Gasteiger partial charge in [-0.3, -0.25) is 4.79 Å². The van der Waals surface area contributed by atoms with Gasteiger partial charge in [-0.1, -0.05) is 6.07 Å². The van der Waals surface area contributed by atoms with E-state index in [0.717, 1.165) is 5.56 Å². The molecular weight excluding hydrogens is 350 g/mol. The van der Waals surface area contributed by atoms with Crippen LogP contribution in [0.4, 0.5) is 0 Å². The van der Waals surface area contributed by atoms with Gasteiger partial charge in [0.25, 0.3) is 5.91 Å². The van der Waals surface area contributed by atoms with Crippen molar-refractivity contribution in [1.29, 1.82) is 0 Å². The Morgan fingerprint density at radius 2 is 2.07 bits per heavy atom. The van der Waals surface area contributed by atoms with Crippen LogP contribution in [0.5, 0.6) is 11.5 Å². The molecule has 1 heterocycles. The van der Waals surface area contributed by atoms with Gasteiger partial charge in [-0.15, -0.1) is 0 Å². The Morgan fingerprint density at radius 3 is 2.74 bits per heavy atom. The lowest BCUT2D eigenvalue weighted by Crippen LogP contribution is -2.35. The topological polar surface area (TPSA) is 87.0 Å². The van der Waals surface area contributed by atoms with Gasteiger partial charge in [0.15, 0.2) is 17.6 Å². The van der Waals surface area contributed by atoms with E-state index >= 15 is 0 Å². The van der Waals surface area contributed by atoms with Gasteiger partial charge in [0, 0.05) is 6.08 Å². The SMILES string of the molecule is CCOc1ccc(/C=C/C(=O)O[C@@H](C)C(=O)NCc2ccco2)cc1OC. The molecular formula is C20H23NO6. The van der Waals surface area contributed by atoms with E-state index < -0.39 is 18.0 Å². The molecule has 7 heteroatoms. The van der Waals surface area contributed by atoms with Gasteiger partial charge in [-0.05, 0) is 49.8 Å². The zero-order valence-electron chi connectivity index (χ0n) is 15.6. The highest BCUT2D eigenvalue weighted by atomic mass is 16.5. The highest BCUT2D eigenvalue weighted by Gasteiger charge is 2.16. The Kier molecular flexibility index (Phi) is 7.49. The summed E-state index contributed by atoms with van der Waals surface area (Å²) in [6.45, 7) is 4.14. The van der Waals surface area contributed by atoms with Crippen molar-refractivity contribution < 1.29 is 28.2 Å². The maximum atomic E-state index is 11.9. The number of ether oxygens (including phenoxy) is 3. The number of benzene rings is 1. The first-order valence-corrected chi connectivity index (χ1v) is 8.53. The first kappa shape index (κ1) is 20.1. The number of furan rings is 1. The lowest BCUT2D eigenvalue weighted by Gasteiger charge is -2.11. The predicted molar refractivity (Wildman–Crippen MR) is 99.3 cm³/mol. The minimum atomic E-state index is -0.924. The Morgan fingerprint density at radius 1 is 1.26 bits per heavy atom. The monoisotopic (exact) mass is 373 g/mol. The Hall–Kier alpha value is -3.22. The van der Waals surface area contributed by atoms with E-state index in [1.807, 2.05) is 6.92 Å². The molecule has 1 aromatic carbocycles. The number of hydrogen-bond donors (Lipinski definition) is 1. The molecule has 0 bridgehead atoms. The summed E-state index contributed by atoms with van der Waals surface area (Å²) in [4.78, 5) is 23.9. The quantitative estimate of drug-likeness (QED) is 0.537. The molecule has 0 aliphatic rings. The van der Waals surface area contributed by atoms with E-state index in [-0.39, 0.29) is 6.54 Å². The molecule has 0 spiro atoms. The Labute approximate surface area is 157 Å². The van der Waals surface area contributed by atoms with E-state index in [1.54, 1.807) is 43.5 Å². The number of amides is 1. The number of nitrogens with one attached hydrogen (secondary N) is 1. The summed E-state index contributed by atoms with van der Waals surface area (Å²) < 4.78 is 20.9. The van der Waals surface area contributed by atoms with Gasteiger partial charge >= 0.3 is 5.97 Å². The first-order valence-electron chi connectivity index (χ1n) is 8.53. The van der Waals surface area contributed by atoms with Crippen molar-refractivity contribution >= 4 is 18.0 Å². The Balaban J connectivity index is 1.87. The van der Waals surface area contributed by atoms with Crippen molar-refractivity contribution in [2.45, 2.75) is 26.5 Å². The summed E-state index contributed by atoms with van der Waals surface area (Å²) in [5.74, 6) is 0.783. The molecule has 7 nitrogen and oxygen atoms in total. The highest BCUT2D eigenvalue weighted by Crippen LogP contribution is 2.28. The molecule has 144 valence electrons. The largest absolute Gasteiger partial charge is 0.493 e. The predicted octanol–water partition coefficient (Wildman–Crippen LogP) is 2.95. The van der Waals surface area contributed by atoms with Crippen LogP contribution >= 0.6 is 0 Å². The van der Waals surface area contributed by atoms with E-state index in [0.29, 0.717) is 23.9 Å². The van der Waals surface area contributed by atoms with E-state index in [4.69, 9.17) is 18.6 Å². The van der Waals surface area contributed by atoms with Crippen molar-refractivity contribution in [3.05, 3.63) is 54.0 Å². The van der Waals surface area contributed by atoms with E-state index in [1.165, 1.54) is 19.3 Å². The fourth-order valence-electron chi connectivity index (χ4n) is 2.23. The van der Waals surface area contributed by atoms with Gasteiger partial charge < -0.3 is 23.9 Å². The van der Waals surface area contributed by atoms with Crippen LogP contribution in [0.2, 0.25) is 0 Å². The molecule has 27 heavy (non-hydrogen) atoms. The minimum absolute atomic E-state index is 0.232. The molecule has 0 unspecified atom stereocenters. The molecule has 0 saturated carbocycles. The third-order valence-electron chi connectivity index (χ3n) is 3.58. The lowest BCUT2D eigenvalue weighted by molar-refractivity contribution is -0.150. The highest BCUT2D eigenvalue weighted by molar-refractivity contribution is 5.90. The van der Waals surface area contributed by atoms with Crippen molar-refractivity contribution in [2.75, 3.05) is 13.7 Å². The van der Waals surface area contributed by atoms with Crippen LogP contribution in [0.1, 0.15) is 25.2 Å². The molecule has 1 amide bonds. The Bertz CT molecular complexity index is 782. The minimum Gasteiger partial charge on any atom is -0.493 e. The van der Waals surface area contributed by atoms with Crippen molar-refractivity contribution in [1.82, 2.24) is 5.32 Å². The van der Waals surface area contributed by atoms with Crippen LogP contribution in [-0.2, 0) is 20.9 Å². The second kappa shape index (κ2) is 10.1. The van der Waals surface area contributed by atoms with Crippen LogP contribution in [0.3, 0.4) is 0 Å². The number of carbonyl (C=O) groups is 2. The molecule has 0 aliphatic carbocycles. The number of hydrogen-bond acceptors (Lipinski definition) is 6. The van der Waals surface area contributed by atoms with Crippen LogP contribution in [0.15, 0.2) is 47.1 Å². The molecule has 0 saturated heterocycles. The summed E-state index contributed by atoms with van der Waals surface area (Å²) in [5, 5.41) is 2.63.